The number of nitrogens with zero attached hydrogens (tertiary/aromatic N) is 1. The summed E-state index contributed by atoms with van der Waals surface area (Å²) in [5.74, 6) is 1.15. The highest BCUT2D eigenvalue weighted by Crippen LogP contribution is 2.32. The Kier molecular flexibility index (Phi) is 5.90. The van der Waals surface area contributed by atoms with Crippen molar-refractivity contribution in [1.82, 2.24) is 14.9 Å². The van der Waals surface area contributed by atoms with Crippen molar-refractivity contribution in [2.75, 3.05) is 13.2 Å². The molecule has 0 unspecified atom stereocenters. The third-order valence-electron chi connectivity index (χ3n) is 5.17. The molecule has 0 bridgehead atoms. The number of carbonyl (C=O) groups excluding carboxylic acids is 1. The zero-order valence-corrected chi connectivity index (χ0v) is 18.0. The van der Waals surface area contributed by atoms with Gasteiger partial charge >= 0.3 is 0 Å². The molecule has 0 saturated carbocycles. The molecule has 7 nitrogen and oxygen atoms in total. The molecular formula is C23H23N3O4S. The van der Waals surface area contributed by atoms with Gasteiger partial charge in [0, 0.05) is 18.5 Å². The summed E-state index contributed by atoms with van der Waals surface area (Å²) in [6.45, 7) is 7.10. The second kappa shape index (κ2) is 8.77. The second-order valence-corrected chi connectivity index (χ2v) is 7.73. The normalized spacial score (nSPS) is 14.0. The number of aromatic amines is 1. The van der Waals surface area contributed by atoms with Crippen molar-refractivity contribution in [3.63, 3.8) is 0 Å². The number of amides is 1. The molecule has 1 aliphatic heterocycles. The molecule has 4 rings (SSSR count). The lowest BCUT2D eigenvalue weighted by Crippen LogP contribution is -2.27. The van der Waals surface area contributed by atoms with Gasteiger partial charge in [0.25, 0.3) is 11.5 Å². The molecule has 0 aliphatic carbocycles. The van der Waals surface area contributed by atoms with E-state index >= 15 is 0 Å². The van der Waals surface area contributed by atoms with Crippen LogP contribution in [0.25, 0.3) is 10.9 Å². The van der Waals surface area contributed by atoms with E-state index in [1.165, 1.54) is 4.57 Å². The molecule has 0 saturated heterocycles. The number of aromatic nitrogens is 2. The molecule has 2 N–H and O–H groups in total. The highest BCUT2D eigenvalue weighted by atomic mass is 32.1. The minimum absolute atomic E-state index is 0.217. The molecule has 1 aromatic heterocycles. The Morgan fingerprint density at radius 1 is 1.26 bits per heavy atom. The van der Waals surface area contributed by atoms with Crippen molar-refractivity contribution >= 4 is 29.0 Å². The first-order chi connectivity index (χ1) is 15.0. The number of nitrogens with one attached hydrogen (secondary N) is 2. The second-order valence-electron chi connectivity index (χ2n) is 7.35. The van der Waals surface area contributed by atoms with Crippen LogP contribution in [0, 0.1) is 4.77 Å². The van der Waals surface area contributed by atoms with Crippen molar-refractivity contribution in [1.29, 1.82) is 0 Å². The summed E-state index contributed by atoms with van der Waals surface area (Å²) < 4.78 is 13.1. The Morgan fingerprint density at radius 3 is 2.81 bits per heavy atom. The van der Waals surface area contributed by atoms with Gasteiger partial charge in [0.2, 0.25) is 0 Å². The number of benzene rings is 2. The quantitative estimate of drug-likeness (QED) is 0.467. The van der Waals surface area contributed by atoms with Crippen LogP contribution in [-0.4, -0.2) is 28.7 Å². The maximum Gasteiger partial charge on any atom is 0.262 e. The van der Waals surface area contributed by atoms with E-state index in [0.29, 0.717) is 47.7 Å². The van der Waals surface area contributed by atoms with Gasteiger partial charge in [-0.05, 0) is 55.0 Å². The van der Waals surface area contributed by atoms with E-state index in [4.69, 9.17) is 21.7 Å². The SMILES string of the molecule is C=CCn1c(=S)[nH]c2cc(C(=O)N[C@@H](C)c3ccc4c(c3)OCCCO4)ccc2c1=O. The summed E-state index contributed by atoms with van der Waals surface area (Å²) in [5, 5.41) is 3.45. The zero-order valence-electron chi connectivity index (χ0n) is 17.1. The summed E-state index contributed by atoms with van der Waals surface area (Å²) in [7, 11) is 0. The van der Waals surface area contributed by atoms with Gasteiger partial charge in [0.15, 0.2) is 16.3 Å². The molecule has 31 heavy (non-hydrogen) atoms. The topological polar surface area (TPSA) is 85.3 Å². The van der Waals surface area contributed by atoms with Gasteiger partial charge < -0.3 is 19.8 Å². The van der Waals surface area contributed by atoms with Crippen molar-refractivity contribution in [3.8, 4) is 11.5 Å². The van der Waals surface area contributed by atoms with Crippen LogP contribution in [0.2, 0.25) is 0 Å². The first kappa shape index (κ1) is 20.9. The van der Waals surface area contributed by atoms with Crippen LogP contribution in [0.5, 0.6) is 11.5 Å². The molecule has 160 valence electrons. The fourth-order valence-electron chi connectivity index (χ4n) is 3.50. The third-order valence-corrected chi connectivity index (χ3v) is 5.50. The number of rotatable bonds is 5. The highest BCUT2D eigenvalue weighted by Gasteiger charge is 2.17. The van der Waals surface area contributed by atoms with Gasteiger partial charge in [-0.1, -0.05) is 12.1 Å². The lowest BCUT2D eigenvalue weighted by Gasteiger charge is -2.17. The smallest absolute Gasteiger partial charge is 0.262 e. The van der Waals surface area contributed by atoms with Crippen molar-refractivity contribution in [2.45, 2.75) is 25.9 Å². The van der Waals surface area contributed by atoms with Crippen LogP contribution in [0.3, 0.4) is 0 Å². The predicted octanol–water partition coefficient (Wildman–Crippen LogP) is 3.90. The maximum atomic E-state index is 12.9. The van der Waals surface area contributed by atoms with Crippen LogP contribution in [-0.2, 0) is 6.54 Å². The molecule has 3 aromatic rings. The van der Waals surface area contributed by atoms with Crippen molar-refractivity contribution in [3.05, 3.63) is 75.3 Å². The molecule has 0 spiro atoms. The first-order valence-corrected chi connectivity index (χ1v) is 10.5. The molecule has 0 radical (unpaired) electrons. The van der Waals surface area contributed by atoms with Crippen molar-refractivity contribution < 1.29 is 14.3 Å². The van der Waals surface area contributed by atoms with Gasteiger partial charge in [-0.25, -0.2) is 0 Å². The Balaban J connectivity index is 1.57. The van der Waals surface area contributed by atoms with E-state index in [1.807, 2.05) is 25.1 Å². The molecule has 2 heterocycles. The summed E-state index contributed by atoms with van der Waals surface area (Å²) >= 11 is 5.27. The largest absolute Gasteiger partial charge is 0.490 e. The van der Waals surface area contributed by atoms with Crippen molar-refractivity contribution in [2.24, 2.45) is 0 Å². The fraction of sp³-hybridized carbons (Fsp3) is 0.261. The molecule has 1 amide bonds. The summed E-state index contributed by atoms with van der Waals surface area (Å²) in [5.41, 5.74) is 1.64. The molecule has 8 heteroatoms. The van der Waals surface area contributed by atoms with E-state index in [0.717, 1.165) is 12.0 Å². The number of fused-ring (bicyclic) bond motifs is 2. The maximum absolute atomic E-state index is 12.9. The molecule has 1 aliphatic rings. The van der Waals surface area contributed by atoms with E-state index in [2.05, 4.69) is 16.9 Å². The average molecular weight is 438 g/mol. The van der Waals surface area contributed by atoms with Gasteiger partial charge in [-0.15, -0.1) is 6.58 Å². The minimum Gasteiger partial charge on any atom is -0.490 e. The Labute approximate surface area is 184 Å². The third kappa shape index (κ3) is 4.25. The lowest BCUT2D eigenvalue weighted by molar-refractivity contribution is 0.0940. The van der Waals surface area contributed by atoms with Crippen LogP contribution in [0.1, 0.15) is 35.3 Å². The number of hydrogen-bond acceptors (Lipinski definition) is 5. The van der Waals surface area contributed by atoms with Crippen LogP contribution < -0.4 is 20.3 Å². The van der Waals surface area contributed by atoms with Crippen LogP contribution in [0.4, 0.5) is 0 Å². The monoisotopic (exact) mass is 437 g/mol. The number of ether oxygens (including phenoxy) is 2. The van der Waals surface area contributed by atoms with Gasteiger partial charge in [0.1, 0.15) is 0 Å². The first-order valence-electron chi connectivity index (χ1n) is 10.1. The Hall–Kier alpha value is -3.39. The minimum atomic E-state index is -0.254. The van der Waals surface area contributed by atoms with Gasteiger partial charge in [-0.3, -0.25) is 14.2 Å². The van der Waals surface area contributed by atoms with Crippen LogP contribution >= 0.6 is 12.2 Å². The van der Waals surface area contributed by atoms with E-state index in [1.54, 1.807) is 24.3 Å². The molecular weight excluding hydrogens is 414 g/mol. The number of carbonyl (C=O) groups is 1. The van der Waals surface area contributed by atoms with Crippen LogP contribution in [0.15, 0.2) is 53.8 Å². The van der Waals surface area contributed by atoms with Gasteiger partial charge in [0.05, 0.1) is 30.2 Å². The van der Waals surface area contributed by atoms with Gasteiger partial charge in [-0.2, -0.15) is 0 Å². The summed E-state index contributed by atoms with van der Waals surface area (Å²) in [6.07, 6.45) is 2.44. The summed E-state index contributed by atoms with van der Waals surface area (Å²) in [6, 6.07) is 10.3. The number of H-pyrrole nitrogens is 1. The standard InChI is InChI=1S/C23H23N3O4S/c1-3-9-26-22(28)17-7-5-16(12-18(17)25-23(26)31)21(27)24-14(2)15-6-8-19-20(13-15)30-11-4-10-29-19/h3,5-8,12-14H,1,4,9-11H2,2H3,(H,24,27)(H,25,31)/t14-/m0/s1. The Morgan fingerprint density at radius 2 is 2.03 bits per heavy atom. The zero-order chi connectivity index (χ0) is 22.0. The van der Waals surface area contributed by atoms with E-state index < -0.39 is 0 Å². The molecule has 0 fully saturated rings. The summed E-state index contributed by atoms with van der Waals surface area (Å²) in [4.78, 5) is 28.5. The molecule has 2 aromatic carbocycles. The molecule has 1 atom stereocenters. The Bertz CT molecular complexity index is 1280. The number of allylic oxidation sites excluding steroid dienone is 1. The highest BCUT2D eigenvalue weighted by molar-refractivity contribution is 7.71. The van der Waals surface area contributed by atoms with E-state index in [-0.39, 0.29) is 22.3 Å². The average Bonchev–Trinajstić information content (AvgIpc) is 3.01. The predicted molar refractivity (Wildman–Crippen MR) is 122 cm³/mol. The van der Waals surface area contributed by atoms with E-state index in [9.17, 15) is 9.59 Å². The lowest BCUT2D eigenvalue weighted by atomic mass is 10.1. The number of hydrogen-bond donors (Lipinski definition) is 2. The fourth-order valence-corrected chi connectivity index (χ4v) is 3.77.